The summed E-state index contributed by atoms with van der Waals surface area (Å²) in [6, 6.07) is 16.3. The highest BCUT2D eigenvalue weighted by Crippen LogP contribution is 2.31. The Balaban J connectivity index is 1.51. The molecule has 3 heterocycles. The van der Waals surface area contributed by atoms with E-state index >= 15 is 0 Å². The van der Waals surface area contributed by atoms with E-state index in [0.29, 0.717) is 18.4 Å². The minimum absolute atomic E-state index is 0.0234. The Bertz CT molecular complexity index is 961. The second-order valence-electron chi connectivity index (χ2n) is 7.11. The molecule has 2 aromatic heterocycles. The van der Waals surface area contributed by atoms with Gasteiger partial charge < -0.3 is 4.90 Å². The van der Waals surface area contributed by atoms with Crippen molar-refractivity contribution in [1.82, 2.24) is 14.9 Å². The Morgan fingerprint density at radius 2 is 2.00 bits per heavy atom. The van der Waals surface area contributed by atoms with Crippen molar-refractivity contribution in [2.24, 2.45) is 0 Å². The van der Waals surface area contributed by atoms with E-state index in [-0.39, 0.29) is 17.8 Å². The second-order valence-corrected chi connectivity index (χ2v) is 7.11. The number of benzene rings is 1. The van der Waals surface area contributed by atoms with Crippen molar-refractivity contribution in [3.05, 3.63) is 95.3 Å². The standard InChI is InChI=1S/C23H22FN3O/c24-20-9-2-1-7-18(20)15-19-8-3-10-21(26-19)22-11-5-13-27(22)23(28)14-17-6-4-12-25-16-17/h1-4,6-10,12,16,22H,5,11,13-15H2/t22-/m1/s1. The van der Waals surface area contributed by atoms with Gasteiger partial charge in [-0.25, -0.2) is 4.39 Å². The van der Waals surface area contributed by atoms with E-state index < -0.39 is 0 Å². The smallest absolute Gasteiger partial charge is 0.227 e. The molecule has 5 heteroatoms. The molecular formula is C23H22FN3O. The molecule has 0 unspecified atom stereocenters. The van der Waals surface area contributed by atoms with Gasteiger partial charge in [0, 0.05) is 31.1 Å². The topological polar surface area (TPSA) is 46.1 Å². The lowest BCUT2D eigenvalue weighted by Gasteiger charge is -2.25. The van der Waals surface area contributed by atoms with E-state index in [1.165, 1.54) is 6.07 Å². The van der Waals surface area contributed by atoms with Crippen LogP contribution in [0.15, 0.2) is 67.0 Å². The normalized spacial score (nSPS) is 16.3. The molecule has 0 bridgehead atoms. The third-order valence-corrected chi connectivity index (χ3v) is 5.15. The Morgan fingerprint density at radius 1 is 1.11 bits per heavy atom. The zero-order chi connectivity index (χ0) is 19.3. The molecule has 0 spiro atoms. The first-order chi connectivity index (χ1) is 13.7. The number of aromatic nitrogens is 2. The fourth-order valence-corrected chi connectivity index (χ4v) is 3.77. The first-order valence-electron chi connectivity index (χ1n) is 9.58. The zero-order valence-electron chi connectivity index (χ0n) is 15.6. The third kappa shape index (κ3) is 4.09. The maximum absolute atomic E-state index is 14.0. The Morgan fingerprint density at radius 3 is 2.82 bits per heavy atom. The van der Waals surface area contributed by atoms with Gasteiger partial charge in [-0.15, -0.1) is 0 Å². The van der Waals surface area contributed by atoms with E-state index in [0.717, 1.165) is 36.3 Å². The summed E-state index contributed by atoms with van der Waals surface area (Å²) in [5.74, 6) is -0.124. The lowest BCUT2D eigenvalue weighted by Crippen LogP contribution is -2.32. The zero-order valence-corrected chi connectivity index (χ0v) is 15.6. The van der Waals surface area contributed by atoms with Gasteiger partial charge in [-0.05, 0) is 48.2 Å². The molecule has 1 aromatic carbocycles. The summed E-state index contributed by atoms with van der Waals surface area (Å²) in [6.07, 6.45) is 6.08. The molecule has 1 saturated heterocycles. The lowest BCUT2D eigenvalue weighted by atomic mass is 10.1. The van der Waals surface area contributed by atoms with Crippen LogP contribution in [-0.4, -0.2) is 27.3 Å². The third-order valence-electron chi connectivity index (χ3n) is 5.15. The molecule has 1 atom stereocenters. The van der Waals surface area contributed by atoms with Crippen molar-refractivity contribution in [3.63, 3.8) is 0 Å². The van der Waals surface area contributed by atoms with Gasteiger partial charge in [-0.2, -0.15) is 0 Å². The van der Waals surface area contributed by atoms with Crippen molar-refractivity contribution in [3.8, 4) is 0 Å². The molecule has 1 aliphatic heterocycles. The molecule has 28 heavy (non-hydrogen) atoms. The number of carbonyl (C=O) groups excluding carboxylic acids is 1. The van der Waals surface area contributed by atoms with Gasteiger partial charge in [0.15, 0.2) is 0 Å². The van der Waals surface area contributed by atoms with Gasteiger partial charge in [-0.1, -0.05) is 30.3 Å². The monoisotopic (exact) mass is 375 g/mol. The van der Waals surface area contributed by atoms with Crippen molar-refractivity contribution < 1.29 is 9.18 Å². The quantitative estimate of drug-likeness (QED) is 0.674. The van der Waals surface area contributed by atoms with E-state index in [9.17, 15) is 9.18 Å². The lowest BCUT2D eigenvalue weighted by molar-refractivity contribution is -0.131. The summed E-state index contributed by atoms with van der Waals surface area (Å²) in [7, 11) is 0. The summed E-state index contributed by atoms with van der Waals surface area (Å²) < 4.78 is 14.0. The molecule has 4 nitrogen and oxygen atoms in total. The highest BCUT2D eigenvalue weighted by atomic mass is 19.1. The largest absolute Gasteiger partial charge is 0.334 e. The molecule has 0 radical (unpaired) electrons. The number of nitrogens with zero attached hydrogens (tertiary/aromatic N) is 3. The minimum Gasteiger partial charge on any atom is -0.334 e. The minimum atomic E-state index is -0.219. The predicted molar refractivity (Wildman–Crippen MR) is 105 cm³/mol. The van der Waals surface area contributed by atoms with Crippen molar-refractivity contribution in [2.45, 2.75) is 31.7 Å². The molecule has 1 aliphatic rings. The van der Waals surface area contributed by atoms with Crippen LogP contribution in [0.3, 0.4) is 0 Å². The predicted octanol–water partition coefficient (Wildman–Crippen LogP) is 4.11. The average molecular weight is 375 g/mol. The molecular weight excluding hydrogens is 353 g/mol. The number of carbonyl (C=O) groups is 1. The van der Waals surface area contributed by atoms with Crippen LogP contribution in [0.2, 0.25) is 0 Å². The van der Waals surface area contributed by atoms with Gasteiger partial charge in [0.1, 0.15) is 5.82 Å². The van der Waals surface area contributed by atoms with Crippen LogP contribution < -0.4 is 0 Å². The van der Waals surface area contributed by atoms with Gasteiger partial charge in [0.2, 0.25) is 5.91 Å². The maximum Gasteiger partial charge on any atom is 0.227 e. The maximum atomic E-state index is 14.0. The van der Waals surface area contributed by atoms with Crippen LogP contribution in [0.1, 0.15) is 41.4 Å². The Labute approximate surface area is 164 Å². The number of hydrogen-bond donors (Lipinski definition) is 0. The average Bonchev–Trinajstić information content (AvgIpc) is 3.21. The van der Waals surface area contributed by atoms with Gasteiger partial charge in [-0.3, -0.25) is 14.8 Å². The number of amides is 1. The van der Waals surface area contributed by atoms with Crippen molar-refractivity contribution >= 4 is 5.91 Å². The number of pyridine rings is 2. The van der Waals surface area contributed by atoms with Gasteiger partial charge in [0.25, 0.3) is 0 Å². The summed E-state index contributed by atoms with van der Waals surface area (Å²) >= 11 is 0. The van der Waals surface area contributed by atoms with Crippen molar-refractivity contribution in [2.75, 3.05) is 6.54 Å². The fraction of sp³-hybridized carbons (Fsp3) is 0.261. The SMILES string of the molecule is O=C(Cc1cccnc1)N1CCC[C@@H]1c1cccc(Cc2ccccc2F)n1. The summed E-state index contributed by atoms with van der Waals surface area (Å²) in [6.45, 7) is 0.739. The van der Waals surface area contributed by atoms with Crippen LogP contribution in [-0.2, 0) is 17.6 Å². The Hall–Kier alpha value is -3.08. The molecule has 4 rings (SSSR count). The number of likely N-dealkylation sites (tertiary alicyclic amines) is 1. The molecule has 0 saturated carbocycles. The van der Waals surface area contributed by atoms with Crippen LogP contribution in [0.25, 0.3) is 0 Å². The number of halogens is 1. The van der Waals surface area contributed by atoms with Gasteiger partial charge >= 0.3 is 0 Å². The molecule has 1 amide bonds. The van der Waals surface area contributed by atoms with Crippen LogP contribution in [0.4, 0.5) is 4.39 Å². The fourth-order valence-electron chi connectivity index (χ4n) is 3.77. The Kier molecular flexibility index (Phi) is 5.42. The van der Waals surface area contributed by atoms with E-state index in [1.807, 2.05) is 41.3 Å². The first-order valence-corrected chi connectivity index (χ1v) is 9.58. The highest BCUT2D eigenvalue weighted by molar-refractivity contribution is 5.79. The van der Waals surface area contributed by atoms with Crippen molar-refractivity contribution in [1.29, 1.82) is 0 Å². The van der Waals surface area contributed by atoms with Crippen LogP contribution >= 0.6 is 0 Å². The van der Waals surface area contributed by atoms with E-state index in [4.69, 9.17) is 4.98 Å². The summed E-state index contributed by atoms with van der Waals surface area (Å²) in [5, 5.41) is 0. The second kappa shape index (κ2) is 8.30. The van der Waals surface area contributed by atoms with Gasteiger partial charge in [0.05, 0.1) is 18.2 Å². The molecule has 0 N–H and O–H groups in total. The molecule has 142 valence electrons. The molecule has 3 aromatic rings. The van der Waals surface area contributed by atoms with Crippen LogP contribution in [0.5, 0.6) is 0 Å². The molecule has 1 fully saturated rings. The highest BCUT2D eigenvalue weighted by Gasteiger charge is 2.30. The summed E-state index contributed by atoms with van der Waals surface area (Å²) in [4.78, 5) is 23.6. The van der Waals surface area contributed by atoms with E-state index in [1.54, 1.807) is 24.5 Å². The number of rotatable bonds is 5. The first kappa shape index (κ1) is 18.3. The summed E-state index contributed by atoms with van der Waals surface area (Å²) in [5.41, 5.74) is 3.24. The molecule has 0 aliphatic carbocycles. The van der Waals surface area contributed by atoms with Crippen LogP contribution in [0, 0.1) is 5.82 Å². The number of hydrogen-bond acceptors (Lipinski definition) is 3. The van der Waals surface area contributed by atoms with E-state index in [2.05, 4.69) is 4.98 Å².